The van der Waals surface area contributed by atoms with Crippen LogP contribution in [-0.2, 0) is 14.3 Å². The fourth-order valence-corrected chi connectivity index (χ4v) is 4.03. The third-order valence-electron chi connectivity index (χ3n) is 5.66. The summed E-state index contributed by atoms with van der Waals surface area (Å²) < 4.78 is 4.99. The van der Waals surface area contributed by atoms with Crippen LogP contribution in [0.15, 0.2) is 77.5 Å². The molecule has 0 saturated heterocycles. The number of imide groups is 1. The summed E-state index contributed by atoms with van der Waals surface area (Å²) in [7, 11) is 0. The molecule has 1 heterocycles. The molecule has 1 aliphatic rings. The van der Waals surface area contributed by atoms with E-state index in [1.54, 1.807) is 56.3 Å². The van der Waals surface area contributed by atoms with Crippen molar-refractivity contribution >= 4 is 52.4 Å². The molecule has 0 unspecified atom stereocenters. The highest BCUT2D eigenvalue weighted by atomic mass is 35.5. The highest BCUT2D eigenvalue weighted by Gasteiger charge is 2.39. The summed E-state index contributed by atoms with van der Waals surface area (Å²) in [5, 5.41) is 5.40. The maximum Gasteiger partial charge on any atom is 0.338 e. The lowest BCUT2D eigenvalue weighted by Crippen LogP contribution is -2.33. The molecular formula is C28H24ClN3O5. The lowest BCUT2D eigenvalue weighted by Gasteiger charge is -2.18. The minimum absolute atomic E-state index is 0.0766. The SMILES string of the molecule is CCOC(=O)c1cccc(NC(=O)c2cccc(NC3=C(Cl)C(=O)N(c4cc(C)ccc4C)C3=O)c2)c1. The van der Waals surface area contributed by atoms with Crippen molar-refractivity contribution in [2.24, 2.45) is 0 Å². The number of amides is 3. The van der Waals surface area contributed by atoms with Gasteiger partial charge in [0, 0.05) is 16.9 Å². The van der Waals surface area contributed by atoms with Crippen molar-refractivity contribution in [3.8, 4) is 0 Å². The van der Waals surface area contributed by atoms with Gasteiger partial charge in [0.2, 0.25) is 0 Å². The fourth-order valence-electron chi connectivity index (χ4n) is 3.81. The molecule has 1 aliphatic heterocycles. The number of benzene rings is 3. The minimum atomic E-state index is -0.627. The number of halogens is 1. The number of nitrogens with zero attached hydrogens (tertiary/aromatic N) is 1. The van der Waals surface area contributed by atoms with Crippen molar-refractivity contribution in [1.82, 2.24) is 0 Å². The Kier molecular flexibility index (Phi) is 7.40. The summed E-state index contributed by atoms with van der Waals surface area (Å²) in [6, 6.07) is 18.3. The van der Waals surface area contributed by atoms with E-state index in [9.17, 15) is 19.2 Å². The first-order valence-electron chi connectivity index (χ1n) is 11.5. The molecule has 0 aliphatic carbocycles. The van der Waals surface area contributed by atoms with Gasteiger partial charge < -0.3 is 15.4 Å². The largest absolute Gasteiger partial charge is 0.462 e. The van der Waals surface area contributed by atoms with Crippen LogP contribution in [0.4, 0.5) is 17.1 Å². The molecule has 0 radical (unpaired) electrons. The molecule has 0 saturated carbocycles. The van der Waals surface area contributed by atoms with Gasteiger partial charge in [0.05, 0.1) is 17.9 Å². The number of nitrogens with one attached hydrogen (secondary N) is 2. The van der Waals surface area contributed by atoms with Gasteiger partial charge in [0.25, 0.3) is 17.7 Å². The summed E-state index contributed by atoms with van der Waals surface area (Å²) in [6.45, 7) is 5.63. The lowest BCUT2D eigenvalue weighted by atomic mass is 10.1. The van der Waals surface area contributed by atoms with E-state index in [1.165, 1.54) is 12.1 Å². The predicted octanol–water partition coefficient (Wildman–Crippen LogP) is 5.17. The van der Waals surface area contributed by atoms with Gasteiger partial charge in [0.1, 0.15) is 10.7 Å². The van der Waals surface area contributed by atoms with Crippen molar-refractivity contribution < 1.29 is 23.9 Å². The summed E-state index contributed by atoms with van der Waals surface area (Å²) in [4.78, 5) is 51.9. The zero-order valence-corrected chi connectivity index (χ0v) is 21.2. The molecule has 0 spiro atoms. The Morgan fingerprint density at radius 3 is 2.30 bits per heavy atom. The van der Waals surface area contributed by atoms with Crippen LogP contribution in [0.5, 0.6) is 0 Å². The molecule has 0 atom stereocenters. The van der Waals surface area contributed by atoms with Crippen molar-refractivity contribution in [3.63, 3.8) is 0 Å². The van der Waals surface area contributed by atoms with Crippen LogP contribution in [0, 0.1) is 13.8 Å². The number of hydrogen-bond donors (Lipinski definition) is 2. The second-order valence-electron chi connectivity index (χ2n) is 8.39. The molecule has 3 amide bonds. The molecule has 0 bridgehead atoms. The molecule has 2 N–H and O–H groups in total. The Labute approximate surface area is 218 Å². The quantitative estimate of drug-likeness (QED) is 0.331. The van der Waals surface area contributed by atoms with Gasteiger partial charge in [-0.3, -0.25) is 14.4 Å². The van der Waals surface area contributed by atoms with E-state index in [-0.39, 0.29) is 22.9 Å². The molecule has 188 valence electrons. The first-order valence-corrected chi connectivity index (χ1v) is 11.9. The number of carbonyl (C=O) groups is 4. The maximum atomic E-state index is 13.2. The van der Waals surface area contributed by atoms with Crippen molar-refractivity contribution in [1.29, 1.82) is 0 Å². The van der Waals surface area contributed by atoms with E-state index in [4.69, 9.17) is 16.3 Å². The summed E-state index contributed by atoms with van der Waals surface area (Å²) in [5.74, 6) is -2.14. The molecule has 37 heavy (non-hydrogen) atoms. The predicted molar refractivity (Wildman–Crippen MR) is 142 cm³/mol. The Morgan fingerprint density at radius 1 is 0.892 bits per heavy atom. The van der Waals surface area contributed by atoms with Gasteiger partial charge in [-0.1, -0.05) is 35.9 Å². The molecule has 8 nitrogen and oxygen atoms in total. The van der Waals surface area contributed by atoms with Crippen LogP contribution in [0.25, 0.3) is 0 Å². The second kappa shape index (κ2) is 10.7. The second-order valence-corrected chi connectivity index (χ2v) is 8.76. The molecular weight excluding hydrogens is 494 g/mol. The normalized spacial score (nSPS) is 13.1. The van der Waals surface area contributed by atoms with E-state index in [0.29, 0.717) is 22.6 Å². The zero-order chi connectivity index (χ0) is 26.7. The third kappa shape index (κ3) is 5.39. The molecule has 4 rings (SSSR count). The van der Waals surface area contributed by atoms with Gasteiger partial charge in [0.15, 0.2) is 0 Å². The van der Waals surface area contributed by atoms with Crippen LogP contribution in [0.2, 0.25) is 0 Å². The number of rotatable bonds is 7. The van der Waals surface area contributed by atoms with Gasteiger partial charge in [-0.05, 0) is 74.4 Å². The van der Waals surface area contributed by atoms with Crippen molar-refractivity contribution in [2.45, 2.75) is 20.8 Å². The van der Waals surface area contributed by atoms with Gasteiger partial charge >= 0.3 is 5.97 Å². The Hall–Kier alpha value is -4.43. The highest BCUT2D eigenvalue weighted by Crippen LogP contribution is 2.32. The standard InChI is InChI=1S/C28H24ClN3O5/c1-4-37-28(36)19-8-6-10-21(15-19)31-25(33)18-7-5-9-20(14-18)30-24-23(29)26(34)32(27(24)35)22-13-16(2)11-12-17(22)3/h5-15,30H,4H2,1-3H3,(H,31,33). The van der Waals surface area contributed by atoms with E-state index >= 15 is 0 Å². The van der Waals surface area contributed by atoms with Crippen LogP contribution in [0.3, 0.4) is 0 Å². The Balaban J connectivity index is 1.52. The monoisotopic (exact) mass is 517 g/mol. The summed E-state index contributed by atoms with van der Waals surface area (Å²) >= 11 is 6.27. The van der Waals surface area contributed by atoms with Gasteiger partial charge in [-0.15, -0.1) is 0 Å². The first kappa shape index (κ1) is 25.7. The average Bonchev–Trinajstić information content (AvgIpc) is 3.09. The van der Waals surface area contributed by atoms with E-state index in [0.717, 1.165) is 16.0 Å². The Bertz CT molecular complexity index is 1460. The summed E-state index contributed by atoms with van der Waals surface area (Å²) in [6.07, 6.45) is 0. The van der Waals surface area contributed by atoms with Crippen LogP contribution >= 0.6 is 11.6 Å². The lowest BCUT2D eigenvalue weighted by molar-refractivity contribution is -0.120. The van der Waals surface area contributed by atoms with Crippen LogP contribution in [0.1, 0.15) is 38.8 Å². The smallest absolute Gasteiger partial charge is 0.338 e. The topological polar surface area (TPSA) is 105 Å². The van der Waals surface area contributed by atoms with E-state index in [2.05, 4.69) is 10.6 Å². The average molecular weight is 518 g/mol. The molecule has 9 heteroatoms. The number of hydrogen-bond acceptors (Lipinski definition) is 6. The number of esters is 1. The molecule has 0 aromatic heterocycles. The first-order chi connectivity index (χ1) is 17.7. The van der Waals surface area contributed by atoms with E-state index < -0.39 is 23.7 Å². The zero-order valence-electron chi connectivity index (χ0n) is 20.4. The number of anilines is 3. The van der Waals surface area contributed by atoms with E-state index in [1.807, 2.05) is 19.1 Å². The van der Waals surface area contributed by atoms with Crippen molar-refractivity contribution in [3.05, 3.63) is 99.7 Å². The fraction of sp³-hybridized carbons (Fsp3) is 0.143. The van der Waals surface area contributed by atoms with Gasteiger partial charge in [-0.2, -0.15) is 0 Å². The number of carbonyl (C=O) groups excluding carboxylic acids is 4. The van der Waals surface area contributed by atoms with Crippen LogP contribution < -0.4 is 15.5 Å². The number of aryl methyl sites for hydroxylation is 2. The number of ether oxygens (including phenoxy) is 1. The third-order valence-corrected chi connectivity index (χ3v) is 6.01. The molecule has 3 aromatic carbocycles. The van der Waals surface area contributed by atoms with Crippen LogP contribution in [-0.4, -0.2) is 30.3 Å². The summed E-state index contributed by atoms with van der Waals surface area (Å²) in [5.41, 5.74) is 3.44. The maximum absolute atomic E-state index is 13.2. The highest BCUT2D eigenvalue weighted by molar-refractivity contribution is 6.53. The minimum Gasteiger partial charge on any atom is -0.462 e. The molecule has 3 aromatic rings. The Morgan fingerprint density at radius 2 is 1.57 bits per heavy atom. The van der Waals surface area contributed by atoms with Gasteiger partial charge in [-0.25, -0.2) is 9.69 Å². The van der Waals surface area contributed by atoms with Crippen molar-refractivity contribution in [2.75, 3.05) is 22.1 Å². The molecule has 0 fully saturated rings.